The van der Waals surface area contributed by atoms with Crippen LogP contribution in [0.25, 0.3) is 10.9 Å². The lowest BCUT2D eigenvalue weighted by Crippen LogP contribution is -2.25. The number of hydrogen-bond donors (Lipinski definition) is 0. The van der Waals surface area contributed by atoms with Crippen LogP contribution < -0.4 is 4.90 Å². The molecule has 0 spiro atoms. The van der Waals surface area contributed by atoms with E-state index in [-0.39, 0.29) is 0 Å². The Balaban J connectivity index is 2.06. The predicted molar refractivity (Wildman–Crippen MR) is 81.9 cm³/mol. The Hall–Kier alpha value is -1.57. The molecule has 2 aromatic rings. The highest BCUT2D eigenvalue weighted by Gasteiger charge is 2.13. The first-order valence-corrected chi connectivity index (χ1v) is 7.37. The second-order valence-corrected chi connectivity index (χ2v) is 5.67. The van der Waals surface area contributed by atoms with Crippen molar-refractivity contribution in [3.63, 3.8) is 0 Å². The maximum absolute atomic E-state index is 4.93. The van der Waals surface area contributed by atoms with E-state index in [4.69, 9.17) is 4.98 Å². The van der Waals surface area contributed by atoms with Crippen molar-refractivity contribution in [1.29, 1.82) is 0 Å². The fraction of sp³-hybridized carbons (Fsp3) is 0.471. The van der Waals surface area contributed by atoms with E-state index in [1.165, 1.54) is 53.5 Å². The van der Waals surface area contributed by atoms with Gasteiger partial charge in [0.15, 0.2) is 0 Å². The molecule has 0 radical (unpaired) electrons. The summed E-state index contributed by atoms with van der Waals surface area (Å²) in [5.74, 6) is 1.17. The predicted octanol–water partition coefficient (Wildman–Crippen LogP) is 4.23. The van der Waals surface area contributed by atoms with E-state index in [1.807, 2.05) is 0 Å². The van der Waals surface area contributed by atoms with Gasteiger partial charge in [-0.3, -0.25) is 0 Å². The van der Waals surface area contributed by atoms with E-state index in [2.05, 4.69) is 43.0 Å². The van der Waals surface area contributed by atoms with Gasteiger partial charge in [-0.05, 0) is 43.9 Å². The first kappa shape index (κ1) is 12.5. The molecule has 2 heterocycles. The lowest BCUT2D eigenvalue weighted by Gasteiger charge is -2.22. The van der Waals surface area contributed by atoms with Crippen LogP contribution in [0.4, 0.5) is 5.82 Å². The van der Waals surface area contributed by atoms with Gasteiger partial charge in [-0.25, -0.2) is 4.98 Å². The minimum absolute atomic E-state index is 1.16. The van der Waals surface area contributed by atoms with Crippen molar-refractivity contribution in [1.82, 2.24) is 4.98 Å². The molecule has 19 heavy (non-hydrogen) atoms. The molecule has 0 unspecified atom stereocenters. The molecule has 0 amide bonds. The van der Waals surface area contributed by atoms with Crippen LogP contribution in [0.15, 0.2) is 24.3 Å². The van der Waals surface area contributed by atoms with Crippen molar-refractivity contribution in [2.45, 2.75) is 39.5 Å². The molecule has 1 fully saturated rings. The zero-order chi connectivity index (χ0) is 13.2. The normalized spacial score (nSPS) is 16.6. The van der Waals surface area contributed by atoms with Crippen LogP contribution in [-0.2, 0) is 0 Å². The van der Waals surface area contributed by atoms with E-state index in [9.17, 15) is 0 Å². The largest absolute Gasteiger partial charge is 0.357 e. The third-order valence-corrected chi connectivity index (χ3v) is 4.16. The van der Waals surface area contributed by atoms with Crippen LogP contribution >= 0.6 is 0 Å². The van der Waals surface area contributed by atoms with E-state index in [0.29, 0.717) is 0 Å². The molecule has 1 aliphatic heterocycles. The minimum Gasteiger partial charge on any atom is -0.357 e. The van der Waals surface area contributed by atoms with Crippen LogP contribution in [-0.4, -0.2) is 18.1 Å². The van der Waals surface area contributed by atoms with Crippen LogP contribution in [0.2, 0.25) is 0 Å². The molecule has 0 bridgehead atoms. The highest BCUT2D eigenvalue weighted by Crippen LogP contribution is 2.26. The molecule has 1 saturated heterocycles. The van der Waals surface area contributed by atoms with Crippen molar-refractivity contribution in [2.75, 3.05) is 18.0 Å². The molecule has 2 nitrogen and oxygen atoms in total. The molecule has 3 rings (SSSR count). The van der Waals surface area contributed by atoms with Gasteiger partial charge in [-0.1, -0.05) is 31.0 Å². The monoisotopic (exact) mass is 254 g/mol. The molecule has 0 aliphatic carbocycles. The zero-order valence-electron chi connectivity index (χ0n) is 11.9. The minimum atomic E-state index is 1.16. The highest BCUT2D eigenvalue weighted by molar-refractivity contribution is 5.86. The topological polar surface area (TPSA) is 16.1 Å². The number of aromatic nitrogens is 1. The average molecular weight is 254 g/mol. The number of hydrogen-bond acceptors (Lipinski definition) is 2. The molecule has 100 valence electrons. The maximum atomic E-state index is 4.93. The van der Waals surface area contributed by atoms with Gasteiger partial charge in [0, 0.05) is 18.5 Å². The number of para-hydroxylation sites is 1. The summed E-state index contributed by atoms with van der Waals surface area (Å²) in [5.41, 5.74) is 3.78. The molecule has 2 heteroatoms. The summed E-state index contributed by atoms with van der Waals surface area (Å²) < 4.78 is 0. The Kier molecular flexibility index (Phi) is 3.41. The van der Waals surface area contributed by atoms with E-state index in [0.717, 1.165) is 13.1 Å². The number of benzene rings is 1. The third kappa shape index (κ3) is 2.44. The van der Waals surface area contributed by atoms with Gasteiger partial charge in [0.05, 0.1) is 5.52 Å². The number of rotatable bonds is 1. The van der Waals surface area contributed by atoms with E-state index in [1.54, 1.807) is 0 Å². The Bertz CT molecular complexity index is 581. The Morgan fingerprint density at radius 3 is 2.42 bits per heavy atom. The lowest BCUT2D eigenvalue weighted by atomic mass is 10.1. The summed E-state index contributed by atoms with van der Waals surface area (Å²) in [6, 6.07) is 8.71. The summed E-state index contributed by atoms with van der Waals surface area (Å²) >= 11 is 0. The summed E-state index contributed by atoms with van der Waals surface area (Å²) in [7, 11) is 0. The van der Waals surface area contributed by atoms with Crippen LogP contribution in [0.5, 0.6) is 0 Å². The quantitative estimate of drug-likeness (QED) is 0.757. The first-order chi connectivity index (χ1) is 9.25. The highest BCUT2D eigenvalue weighted by atomic mass is 15.2. The van der Waals surface area contributed by atoms with Gasteiger partial charge < -0.3 is 4.90 Å². The van der Waals surface area contributed by atoms with Crippen molar-refractivity contribution in [2.24, 2.45) is 0 Å². The lowest BCUT2D eigenvalue weighted by molar-refractivity contribution is 0.726. The van der Waals surface area contributed by atoms with Gasteiger partial charge in [-0.15, -0.1) is 0 Å². The van der Waals surface area contributed by atoms with Gasteiger partial charge in [-0.2, -0.15) is 0 Å². The van der Waals surface area contributed by atoms with E-state index >= 15 is 0 Å². The number of nitrogens with zero attached hydrogens (tertiary/aromatic N) is 2. The molecular formula is C17H22N2. The van der Waals surface area contributed by atoms with Crippen molar-refractivity contribution in [3.8, 4) is 0 Å². The first-order valence-electron chi connectivity index (χ1n) is 7.37. The molecule has 1 aliphatic rings. The van der Waals surface area contributed by atoms with Gasteiger partial charge in [0.2, 0.25) is 0 Å². The smallest absolute Gasteiger partial charge is 0.129 e. The molecule has 0 saturated carbocycles. The number of pyridine rings is 1. The number of fused-ring (bicyclic) bond motifs is 1. The molecule has 1 aromatic heterocycles. The van der Waals surface area contributed by atoms with Gasteiger partial charge >= 0.3 is 0 Å². The number of anilines is 1. The second-order valence-electron chi connectivity index (χ2n) is 5.67. The Labute approximate surface area is 115 Å². The van der Waals surface area contributed by atoms with E-state index < -0.39 is 0 Å². The molecular weight excluding hydrogens is 232 g/mol. The fourth-order valence-electron chi connectivity index (χ4n) is 3.01. The Morgan fingerprint density at radius 2 is 1.68 bits per heavy atom. The summed E-state index contributed by atoms with van der Waals surface area (Å²) in [6.45, 7) is 6.67. The van der Waals surface area contributed by atoms with Crippen molar-refractivity contribution >= 4 is 16.7 Å². The van der Waals surface area contributed by atoms with Crippen LogP contribution in [0.3, 0.4) is 0 Å². The fourth-order valence-corrected chi connectivity index (χ4v) is 3.01. The van der Waals surface area contributed by atoms with Crippen LogP contribution in [0.1, 0.15) is 36.8 Å². The molecule has 1 aromatic carbocycles. The SMILES string of the molecule is Cc1cc(N2CCCCCC2)nc2c(C)cccc12. The summed E-state index contributed by atoms with van der Waals surface area (Å²) in [5, 5.41) is 1.29. The standard InChI is InChI=1S/C17H22N2/c1-13-8-7-9-15-14(2)12-16(18-17(13)15)19-10-5-3-4-6-11-19/h7-9,12H,3-6,10-11H2,1-2H3. The Morgan fingerprint density at radius 1 is 0.947 bits per heavy atom. The molecule has 0 atom stereocenters. The average Bonchev–Trinajstić information content (AvgIpc) is 2.69. The van der Waals surface area contributed by atoms with Crippen LogP contribution in [0, 0.1) is 13.8 Å². The summed E-state index contributed by atoms with van der Waals surface area (Å²) in [6.07, 6.45) is 5.32. The zero-order valence-corrected chi connectivity index (χ0v) is 11.9. The number of aryl methyl sites for hydroxylation is 2. The van der Waals surface area contributed by atoms with Crippen molar-refractivity contribution < 1.29 is 0 Å². The maximum Gasteiger partial charge on any atom is 0.129 e. The summed E-state index contributed by atoms with van der Waals surface area (Å²) in [4.78, 5) is 7.39. The van der Waals surface area contributed by atoms with Crippen molar-refractivity contribution in [3.05, 3.63) is 35.4 Å². The third-order valence-electron chi connectivity index (χ3n) is 4.16. The van der Waals surface area contributed by atoms with Gasteiger partial charge in [0.1, 0.15) is 5.82 Å². The van der Waals surface area contributed by atoms with Gasteiger partial charge in [0.25, 0.3) is 0 Å². The second kappa shape index (κ2) is 5.20. The molecule has 0 N–H and O–H groups in total.